The topological polar surface area (TPSA) is 96.6 Å². The fourth-order valence-electron chi connectivity index (χ4n) is 2.61. The van der Waals surface area contributed by atoms with Gasteiger partial charge in [0.15, 0.2) is 5.69 Å². The molecule has 2 heterocycles. The molecule has 132 valence electrons. The van der Waals surface area contributed by atoms with Crippen LogP contribution in [-0.4, -0.2) is 41.9 Å². The molecule has 3 rings (SSSR count). The second kappa shape index (κ2) is 7.94. The maximum atomic E-state index is 11.8. The third kappa shape index (κ3) is 4.45. The number of aromatic nitrogens is 2. The fourth-order valence-corrected chi connectivity index (χ4v) is 2.61. The Labute approximate surface area is 146 Å². The van der Waals surface area contributed by atoms with Crippen molar-refractivity contribution >= 4 is 11.9 Å². The molecule has 1 aliphatic heterocycles. The molecule has 0 saturated carbocycles. The van der Waals surface area contributed by atoms with Crippen LogP contribution < -0.4 is 10.5 Å². The standard InChI is InChI=1S/C18H21N3O4/c1-2-23-17(22)16-10-15(20-18(19)21-16)12-5-7-13(8-6-12)25-11-14-4-3-9-24-14/h5-8,10,14H,2-4,9,11H2,1H3,(H2,19,20,21). The minimum absolute atomic E-state index is 0.0271. The van der Waals surface area contributed by atoms with Crippen LogP contribution in [-0.2, 0) is 9.47 Å². The van der Waals surface area contributed by atoms with Gasteiger partial charge in [0.1, 0.15) is 12.4 Å². The van der Waals surface area contributed by atoms with Crippen molar-refractivity contribution in [3.63, 3.8) is 0 Å². The van der Waals surface area contributed by atoms with E-state index < -0.39 is 5.97 Å². The number of benzene rings is 1. The number of hydrogen-bond acceptors (Lipinski definition) is 7. The van der Waals surface area contributed by atoms with Crippen LogP contribution >= 0.6 is 0 Å². The van der Waals surface area contributed by atoms with Crippen LogP contribution in [0.15, 0.2) is 30.3 Å². The monoisotopic (exact) mass is 343 g/mol. The van der Waals surface area contributed by atoms with Crippen LogP contribution in [0.25, 0.3) is 11.3 Å². The van der Waals surface area contributed by atoms with Gasteiger partial charge in [-0.2, -0.15) is 0 Å². The molecule has 1 aliphatic rings. The summed E-state index contributed by atoms with van der Waals surface area (Å²) in [6, 6.07) is 9.00. The number of esters is 1. The molecule has 2 N–H and O–H groups in total. The van der Waals surface area contributed by atoms with E-state index in [2.05, 4.69) is 9.97 Å². The molecule has 25 heavy (non-hydrogen) atoms. The Morgan fingerprint density at radius 3 is 2.80 bits per heavy atom. The Balaban J connectivity index is 1.71. The summed E-state index contributed by atoms with van der Waals surface area (Å²) < 4.78 is 16.2. The lowest BCUT2D eigenvalue weighted by Crippen LogP contribution is -2.16. The van der Waals surface area contributed by atoms with Crippen LogP contribution in [0.5, 0.6) is 5.75 Å². The van der Waals surface area contributed by atoms with Gasteiger partial charge in [-0.05, 0) is 50.1 Å². The van der Waals surface area contributed by atoms with Crippen molar-refractivity contribution in [2.24, 2.45) is 0 Å². The van der Waals surface area contributed by atoms with Crippen molar-refractivity contribution in [3.8, 4) is 17.0 Å². The van der Waals surface area contributed by atoms with Gasteiger partial charge in [-0.15, -0.1) is 0 Å². The zero-order valence-corrected chi connectivity index (χ0v) is 14.1. The largest absolute Gasteiger partial charge is 0.491 e. The number of nitrogens with two attached hydrogens (primary N) is 1. The minimum atomic E-state index is -0.519. The Kier molecular flexibility index (Phi) is 5.45. The van der Waals surface area contributed by atoms with Crippen molar-refractivity contribution in [1.29, 1.82) is 0 Å². The Bertz CT molecular complexity index is 728. The molecular weight excluding hydrogens is 322 g/mol. The van der Waals surface area contributed by atoms with Gasteiger partial charge in [0, 0.05) is 12.2 Å². The van der Waals surface area contributed by atoms with Gasteiger partial charge in [-0.1, -0.05) is 0 Å². The number of carbonyl (C=O) groups is 1. The molecule has 0 radical (unpaired) electrons. The summed E-state index contributed by atoms with van der Waals surface area (Å²) in [4.78, 5) is 20.0. The summed E-state index contributed by atoms with van der Waals surface area (Å²) >= 11 is 0. The first kappa shape index (κ1) is 17.2. The first-order valence-electron chi connectivity index (χ1n) is 8.32. The molecular formula is C18H21N3O4. The molecule has 7 heteroatoms. The summed E-state index contributed by atoms with van der Waals surface area (Å²) in [6.45, 7) is 3.37. The van der Waals surface area contributed by atoms with Gasteiger partial charge in [-0.3, -0.25) is 0 Å². The molecule has 0 amide bonds. The van der Waals surface area contributed by atoms with E-state index in [0.29, 0.717) is 12.3 Å². The second-order valence-electron chi connectivity index (χ2n) is 5.69. The molecule has 0 aliphatic carbocycles. The third-order valence-corrected chi connectivity index (χ3v) is 3.84. The van der Waals surface area contributed by atoms with Crippen molar-refractivity contribution < 1.29 is 19.0 Å². The number of nitrogen functional groups attached to an aromatic ring is 1. The van der Waals surface area contributed by atoms with Gasteiger partial charge in [0.2, 0.25) is 5.95 Å². The van der Waals surface area contributed by atoms with Gasteiger partial charge < -0.3 is 19.9 Å². The van der Waals surface area contributed by atoms with Gasteiger partial charge in [-0.25, -0.2) is 14.8 Å². The highest BCUT2D eigenvalue weighted by Crippen LogP contribution is 2.23. The molecule has 1 aromatic heterocycles. The second-order valence-corrected chi connectivity index (χ2v) is 5.69. The highest BCUT2D eigenvalue weighted by atomic mass is 16.5. The van der Waals surface area contributed by atoms with E-state index >= 15 is 0 Å². The molecule has 1 unspecified atom stereocenters. The summed E-state index contributed by atoms with van der Waals surface area (Å²) in [6.07, 6.45) is 2.30. The molecule has 1 saturated heterocycles. The third-order valence-electron chi connectivity index (χ3n) is 3.84. The average Bonchev–Trinajstić information content (AvgIpc) is 3.14. The Hall–Kier alpha value is -2.67. The normalized spacial score (nSPS) is 16.6. The van der Waals surface area contributed by atoms with Gasteiger partial charge in [0.05, 0.1) is 18.4 Å². The van der Waals surface area contributed by atoms with Crippen LogP contribution in [0.1, 0.15) is 30.3 Å². The van der Waals surface area contributed by atoms with E-state index in [1.807, 2.05) is 24.3 Å². The summed E-state index contributed by atoms with van der Waals surface area (Å²) in [5, 5.41) is 0. The Morgan fingerprint density at radius 1 is 1.32 bits per heavy atom. The SMILES string of the molecule is CCOC(=O)c1cc(-c2ccc(OCC3CCCO3)cc2)nc(N)n1. The number of nitrogens with zero attached hydrogens (tertiary/aromatic N) is 2. The Morgan fingerprint density at radius 2 is 2.12 bits per heavy atom. The first-order chi connectivity index (χ1) is 12.2. The molecule has 1 aromatic carbocycles. The molecule has 1 atom stereocenters. The van der Waals surface area contributed by atoms with E-state index in [1.165, 1.54) is 0 Å². The van der Waals surface area contributed by atoms with Gasteiger partial charge >= 0.3 is 5.97 Å². The van der Waals surface area contributed by atoms with Crippen molar-refractivity contribution in [2.75, 3.05) is 25.6 Å². The molecule has 0 spiro atoms. The quantitative estimate of drug-likeness (QED) is 0.805. The van der Waals surface area contributed by atoms with Crippen LogP contribution in [0, 0.1) is 0 Å². The van der Waals surface area contributed by atoms with E-state index in [9.17, 15) is 4.79 Å². The number of anilines is 1. The number of hydrogen-bond donors (Lipinski definition) is 1. The smallest absolute Gasteiger partial charge is 0.357 e. The molecule has 0 bridgehead atoms. The lowest BCUT2D eigenvalue weighted by molar-refractivity contribution is 0.0519. The highest BCUT2D eigenvalue weighted by molar-refractivity contribution is 5.88. The van der Waals surface area contributed by atoms with Crippen molar-refractivity contribution in [2.45, 2.75) is 25.9 Å². The maximum Gasteiger partial charge on any atom is 0.357 e. The predicted molar refractivity (Wildman–Crippen MR) is 92.3 cm³/mol. The number of rotatable bonds is 6. The average molecular weight is 343 g/mol. The van der Waals surface area contributed by atoms with E-state index in [1.54, 1.807) is 13.0 Å². The summed E-state index contributed by atoms with van der Waals surface area (Å²) in [5.41, 5.74) is 7.22. The van der Waals surface area contributed by atoms with Crippen LogP contribution in [0.2, 0.25) is 0 Å². The fraction of sp³-hybridized carbons (Fsp3) is 0.389. The number of ether oxygens (including phenoxy) is 3. The van der Waals surface area contributed by atoms with E-state index in [4.69, 9.17) is 19.9 Å². The zero-order valence-electron chi connectivity index (χ0n) is 14.1. The van der Waals surface area contributed by atoms with E-state index in [-0.39, 0.29) is 24.4 Å². The predicted octanol–water partition coefficient (Wildman–Crippen LogP) is 2.46. The molecule has 2 aromatic rings. The lowest BCUT2D eigenvalue weighted by Gasteiger charge is -2.12. The van der Waals surface area contributed by atoms with Crippen molar-refractivity contribution in [3.05, 3.63) is 36.0 Å². The van der Waals surface area contributed by atoms with Crippen LogP contribution in [0.3, 0.4) is 0 Å². The van der Waals surface area contributed by atoms with Crippen molar-refractivity contribution in [1.82, 2.24) is 9.97 Å². The van der Waals surface area contributed by atoms with Crippen LogP contribution in [0.4, 0.5) is 5.95 Å². The van der Waals surface area contributed by atoms with Gasteiger partial charge in [0.25, 0.3) is 0 Å². The lowest BCUT2D eigenvalue weighted by atomic mass is 10.1. The maximum absolute atomic E-state index is 11.8. The summed E-state index contributed by atoms with van der Waals surface area (Å²) in [5.74, 6) is 0.264. The molecule has 7 nitrogen and oxygen atoms in total. The minimum Gasteiger partial charge on any atom is -0.491 e. The zero-order chi connectivity index (χ0) is 17.6. The summed E-state index contributed by atoms with van der Waals surface area (Å²) in [7, 11) is 0. The first-order valence-corrected chi connectivity index (χ1v) is 8.32. The van der Waals surface area contributed by atoms with E-state index in [0.717, 1.165) is 30.8 Å². The highest BCUT2D eigenvalue weighted by Gasteiger charge is 2.16. The number of carbonyl (C=O) groups excluding carboxylic acids is 1. The molecule has 1 fully saturated rings.